The minimum atomic E-state index is -0.669. The number of fused-ring (bicyclic) bond motifs is 4. The molecular weight excluding hydrogens is 484 g/mol. The highest BCUT2D eigenvalue weighted by Gasteiger charge is 2.46. The van der Waals surface area contributed by atoms with Gasteiger partial charge in [0.1, 0.15) is 11.5 Å². The third-order valence-corrected chi connectivity index (χ3v) is 7.26. The van der Waals surface area contributed by atoms with Gasteiger partial charge in [-0.2, -0.15) is 0 Å². The van der Waals surface area contributed by atoms with Crippen LogP contribution in [0.15, 0.2) is 135 Å². The molecule has 1 aliphatic rings. The molecule has 5 aromatic carbocycles. The van der Waals surface area contributed by atoms with Crippen LogP contribution in [0.1, 0.15) is 22.3 Å². The van der Waals surface area contributed by atoms with Crippen LogP contribution in [0.3, 0.4) is 0 Å². The van der Waals surface area contributed by atoms with Gasteiger partial charge in [0.15, 0.2) is 0 Å². The molecule has 0 aromatic heterocycles. The van der Waals surface area contributed by atoms with Crippen LogP contribution in [0.25, 0.3) is 21.9 Å². The topological polar surface area (TPSA) is 52.6 Å². The van der Waals surface area contributed by atoms with Gasteiger partial charge in [0, 0.05) is 12.2 Å². The molecule has 0 radical (unpaired) electrons. The summed E-state index contributed by atoms with van der Waals surface area (Å²) >= 11 is 0. The SMILES string of the molecule is C=CC(=O)Oc1ccc(C2(c3ccc(OC(=O)C=C)cc3)c3ccccc3-c3cc4ccccc4cc32)cc1. The lowest BCUT2D eigenvalue weighted by molar-refractivity contribution is -0.129. The van der Waals surface area contributed by atoms with Gasteiger partial charge in [-0.3, -0.25) is 0 Å². The Morgan fingerprint density at radius 2 is 1.05 bits per heavy atom. The fraction of sp³-hybridized carbons (Fsp3) is 0.0286. The second kappa shape index (κ2) is 9.58. The van der Waals surface area contributed by atoms with Gasteiger partial charge in [-0.1, -0.05) is 86.0 Å². The fourth-order valence-corrected chi connectivity index (χ4v) is 5.61. The molecule has 0 bridgehead atoms. The second-order valence-electron chi connectivity index (χ2n) is 9.34. The Bertz CT molecular complexity index is 1700. The molecule has 4 heteroatoms. The Hall–Kier alpha value is -5.22. The normalized spacial score (nSPS) is 12.7. The number of carbonyl (C=O) groups is 2. The van der Waals surface area contributed by atoms with Gasteiger partial charge < -0.3 is 9.47 Å². The molecule has 39 heavy (non-hydrogen) atoms. The molecule has 4 nitrogen and oxygen atoms in total. The average Bonchev–Trinajstić information content (AvgIpc) is 3.26. The van der Waals surface area contributed by atoms with Crippen LogP contribution in [-0.4, -0.2) is 11.9 Å². The van der Waals surface area contributed by atoms with E-state index in [-0.39, 0.29) is 0 Å². The van der Waals surface area contributed by atoms with Crippen LogP contribution in [0.2, 0.25) is 0 Å². The summed E-state index contributed by atoms with van der Waals surface area (Å²) in [6, 6.07) is 36.5. The molecule has 0 aliphatic heterocycles. The Labute approximate surface area is 226 Å². The summed E-state index contributed by atoms with van der Waals surface area (Å²) in [5.74, 6) is -0.138. The smallest absolute Gasteiger partial charge is 0.335 e. The van der Waals surface area contributed by atoms with Crippen molar-refractivity contribution in [1.29, 1.82) is 0 Å². The predicted molar refractivity (Wildman–Crippen MR) is 153 cm³/mol. The van der Waals surface area contributed by atoms with E-state index in [9.17, 15) is 9.59 Å². The highest BCUT2D eigenvalue weighted by atomic mass is 16.5. The first-order chi connectivity index (χ1) is 19.0. The van der Waals surface area contributed by atoms with Crippen LogP contribution in [-0.2, 0) is 15.0 Å². The van der Waals surface area contributed by atoms with Crippen LogP contribution in [0.4, 0.5) is 0 Å². The highest BCUT2D eigenvalue weighted by molar-refractivity contribution is 5.96. The van der Waals surface area contributed by atoms with E-state index in [0.717, 1.165) is 50.9 Å². The van der Waals surface area contributed by atoms with E-state index in [4.69, 9.17) is 9.47 Å². The summed E-state index contributed by atoms with van der Waals surface area (Å²) < 4.78 is 10.7. The maximum atomic E-state index is 11.8. The predicted octanol–water partition coefficient (Wildman–Crippen LogP) is 7.39. The molecule has 0 saturated heterocycles. The van der Waals surface area contributed by atoms with Gasteiger partial charge in [0.05, 0.1) is 5.41 Å². The summed E-state index contributed by atoms with van der Waals surface area (Å²) in [5.41, 5.74) is 5.96. The number of rotatable bonds is 6. The quantitative estimate of drug-likeness (QED) is 0.134. The van der Waals surface area contributed by atoms with Crippen LogP contribution in [0.5, 0.6) is 11.5 Å². The van der Waals surface area contributed by atoms with E-state index in [1.54, 1.807) is 24.3 Å². The Kier molecular flexibility index (Phi) is 5.93. The molecule has 1 aliphatic carbocycles. The highest BCUT2D eigenvalue weighted by Crippen LogP contribution is 2.57. The van der Waals surface area contributed by atoms with Gasteiger partial charge in [0.2, 0.25) is 0 Å². The number of esters is 2. The summed E-state index contributed by atoms with van der Waals surface area (Å²) in [6.07, 6.45) is 2.29. The maximum Gasteiger partial charge on any atom is 0.335 e. The summed E-state index contributed by atoms with van der Waals surface area (Å²) in [6.45, 7) is 6.96. The number of benzene rings is 5. The second-order valence-corrected chi connectivity index (χ2v) is 9.34. The minimum Gasteiger partial charge on any atom is -0.423 e. The van der Waals surface area contributed by atoms with E-state index in [2.05, 4.69) is 67.8 Å². The molecule has 0 unspecified atom stereocenters. The monoisotopic (exact) mass is 508 g/mol. The van der Waals surface area contributed by atoms with Crippen LogP contribution >= 0.6 is 0 Å². The number of carbonyl (C=O) groups excluding carboxylic acids is 2. The summed E-state index contributed by atoms with van der Waals surface area (Å²) in [5, 5.41) is 2.31. The standard InChI is InChI=1S/C35H24O4/c1-3-33(36)38-27-17-13-25(14-18-27)35(26-15-19-28(20-16-26)39-34(37)4-2)31-12-8-7-11-29(31)30-21-23-9-5-6-10-24(23)22-32(30)35/h3-22H,1-2H2. The van der Waals surface area contributed by atoms with Crippen molar-refractivity contribution < 1.29 is 19.1 Å². The van der Waals surface area contributed by atoms with Crippen molar-refractivity contribution in [3.8, 4) is 22.6 Å². The molecule has 188 valence electrons. The van der Waals surface area contributed by atoms with Crippen molar-refractivity contribution in [3.63, 3.8) is 0 Å². The molecule has 0 heterocycles. The van der Waals surface area contributed by atoms with Gasteiger partial charge >= 0.3 is 11.9 Å². The van der Waals surface area contributed by atoms with Crippen molar-refractivity contribution in [2.45, 2.75) is 5.41 Å². The van der Waals surface area contributed by atoms with E-state index in [0.29, 0.717) is 11.5 Å². The lowest BCUT2D eigenvalue weighted by Crippen LogP contribution is -2.28. The van der Waals surface area contributed by atoms with Gasteiger partial charge in [-0.05, 0) is 80.6 Å². The lowest BCUT2D eigenvalue weighted by atomic mass is 9.67. The van der Waals surface area contributed by atoms with E-state index in [1.807, 2.05) is 30.3 Å². The van der Waals surface area contributed by atoms with Gasteiger partial charge in [-0.15, -0.1) is 0 Å². The Morgan fingerprint density at radius 1 is 0.564 bits per heavy atom. The lowest BCUT2D eigenvalue weighted by Gasteiger charge is -2.34. The third kappa shape index (κ3) is 3.94. The van der Waals surface area contributed by atoms with Gasteiger partial charge in [-0.25, -0.2) is 9.59 Å². The Balaban J connectivity index is 1.63. The van der Waals surface area contributed by atoms with Crippen molar-refractivity contribution in [2.24, 2.45) is 0 Å². The maximum absolute atomic E-state index is 11.8. The van der Waals surface area contributed by atoms with Crippen LogP contribution in [0, 0.1) is 0 Å². The molecular formula is C35H24O4. The molecule has 0 N–H and O–H groups in total. The summed E-state index contributed by atoms with van der Waals surface area (Å²) in [4.78, 5) is 23.6. The molecule has 0 fully saturated rings. The molecule has 0 saturated carbocycles. The number of hydrogen-bond acceptors (Lipinski definition) is 4. The largest absolute Gasteiger partial charge is 0.423 e. The van der Waals surface area contributed by atoms with E-state index in [1.165, 1.54) is 5.39 Å². The first-order valence-corrected chi connectivity index (χ1v) is 12.6. The molecule has 6 rings (SSSR count). The molecule has 0 spiro atoms. The van der Waals surface area contributed by atoms with Gasteiger partial charge in [0.25, 0.3) is 0 Å². The molecule has 5 aromatic rings. The van der Waals surface area contributed by atoms with E-state index >= 15 is 0 Å². The fourth-order valence-electron chi connectivity index (χ4n) is 5.61. The third-order valence-electron chi connectivity index (χ3n) is 7.26. The average molecular weight is 509 g/mol. The first-order valence-electron chi connectivity index (χ1n) is 12.6. The minimum absolute atomic E-state index is 0.440. The molecule has 0 amide bonds. The Morgan fingerprint density at radius 3 is 1.59 bits per heavy atom. The molecule has 0 atom stereocenters. The number of ether oxygens (including phenoxy) is 2. The first kappa shape index (κ1) is 24.1. The van der Waals surface area contributed by atoms with Crippen molar-refractivity contribution in [1.82, 2.24) is 0 Å². The van der Waals surface area contributed by atoms with E-state index < -0.39 is 17.4 Å². The van der Waals surface area contributed by atoms with Crippen molar-refractivity contribution in [2.75, 3.05) is 0 Å². The zero-order valence-corrected chi connectivity index (χ0v) is 21.1. The number of hydrogen-bond donors (Lipinski definition) is 0. The van der Waals surface area contributed by atoms with Crippen molar-refractivity contribution >= 4 is 22.7 Å². The summed E-state index contributed by atoms with van der Waals surface area (Å²) in [7, 11) is 0. The zero-order valence-electron chi connectivity index (χ0n) is 21.1. The zero-order chi connectivity index (χ0) is 27.0. The van der Waals surface area contributed by atoms with Crippen LogP contribution < -0.4 is 9.47 Å². The van der Waals surface area contributed by atoms with Crippen molar-refractivity contribution in [3.05, 3.63) is 157 Å².